The molecule has 1 saturated heterocycles. The molecule has 2 fully saturated rings. The van der Waals surface area contributed by atoms with Crippen molar-refractivity contribution in [1.29, 1.82) is 0 Å². The first-order valence-corrected chi connectivity index (χ1v) is 8.70. The Bertz CT molecular complexity index is 537. The lowest BCUT2D eigenvalue weighted by atomic mass is 9.95. The third-order valence-electron chi connectivity index (χ3n) is 5.10. The highest BCUT2D eigenvalue weighted by Gasteiger charge is 2.36. The van der Waals surface area contributed by atoms with Crippen LogP contribution in [-0.2, 0) is 9.59 Å². The number of hydrogen-bond donors (Lipinski definition) is 1. The molecule has 0 radical (unpaired) electrons. The lowest BCUT2D eigenvalue weighted by molar-refractivity contribution is -0.139. The van der Waals surface area contributed by atoms with Gasteiger partial charge in [0.2, 0.25) is 11.8 Å². The monoisotopic (exact) mass is 318 g/mol. The van der Waals surface area contributed by atoms with Crippen LogP contribution in [-0.4, -0.2) is 45.6 Å². The second kappa shape index (κ2) is 7.15. The summed E-state index contributed by atoms with van der Waals surface area (Å²) in [4.78, 5) is 26.5. The van der Waals surface area contributed by atoms with Crippen molar-refractivity contribution in [2.45, 2.75) is 57.5 Å². The Labute approximate surface area is 137 Å². The summed E-state index contributed by atoms with van der Waals surface area (Å²) in [5.41, 5.74) is 0. The maximum absolute atomic E-state index is 13.0. The van der Waals surface area contributed by atoms with Gasteiger partial charge in [-0.15, -0.1) is 0 Å². The van der Waals surface area contributed by atoms with Gasteiger partial charge in [-0.2, -0.15) is 5.10 Å². The van der Waals surface area contributed by atoms with E-state index in [1.807, 2.05) is 21.8 Å². The molecule has 0 unspecified atom stereocenters. The number of amides is 2. The average molecular weight is 318 g/mol. The maximum Gasteiger partial charge on any atom is 0.245 e. The Hall–Kier alpha value is -1.85. The molecule has 1 aromatic heterocycles. The van der Waals surface area contributed by atoms with Crippen molar-refractivity contribution in [1.82, 2.24) is 20.0 Å². The summed E-state index contributed by atoms with van der Waals surface area (Å²) in [6, 6.07) is 1.80. The number of piperidine rings is 1. The lowest BCUT2D eigenvalue weighted by Crippen LogP contribution is -2.53. The van der Waals surface area contributed by atoms with Crippen molar-refractivity contribution >= 4 is 11.8 Å². The molecule has 6 heteroatoms. The Morgan fingerprint density at radius 1 is 1.22 bits per heavy atom. The molecular formula is C17H26N4O2. The fourth-order valence-corrected chi connectivity index (χ4v) is 3.96. The molecule has 1 aliphatic carbocycles. The van der Waals surface area contributed by atoms with Crippen LogP contribution in [0.1, 0.15) is 51.5 Å². The molecule has 23 heavy (non-hydrogen) atoms. The van der Waals surface area contributed by atoms with Gasteiger partial charge in [0.1, 0.15) is 6.04 Å². The number of nitrogens with one attached hydrogen (secondary N) is 1. The van der Waals surface area contributed by atoms with Gasteiger partial charge in [0, 0.05) is 32.4 Å². The van der Waals surface area contributed by atoms with Crippen LogP contribution < -0.4 is 5.32 Å². The van der Waals surface area contributed by atoms with E-state index in [0.29, 0.717) is 6.54 Å². The van der Waals surface area contributed by atoms with E-state index in [1.165, 1.54) is 6.92 Å². The predicted octanol–water partition coefficient (Wildman–Crippen LogP) is 1.74. The zero-order valence-electron chi connectivity index (χ0n) is 13.8. The van der Waals surface area contributed by atoms with Gasteiger partial charge in [-0.3, -0.25) is 14.3 Å². The van der Waals surface area contributed by atoms with Crippen LogP contribution in [0.4, 0.5) is 0 Å². The minimum atomic E-state index is -0.355. The van der Waals surface area contributed by atoms with Crippen LogP contribution >= 0.6 is 0 Å². The van der Waals surface area contributed by atoms with Crippen LogP contribution in [0.5, 0.6) is 0 Å². The molecule has 3 rings (SSSR count). The minimum Gasteiger partial charge on any atom is -0.344 e. The van der Waals surface area contributed by atoms with Crippen molar-refractivity contribution < 1.29 is 9.59 Å². The molecule has 2 heterocycles. The van der Waals surface area contributed by atoms with Gasteiger partial charge in [0.15, 0.2) is 0 Å². The highest BCUT2D eigenvalue weighted by atomic mass is 16.2. The first kappa shape index (κ1) is 16.0. The summed E-state index contributed by atoms with van der Waals surface area (Å²) in [7, 11) is 0. The standard InChI is InChI=1S/C17H26N4O2/c1-13(22)19-16(14-6-2-3-7-14)17(23)20-10-4-8-15(12-20)21-11-5-9-18-21/h5,9,11,14-16H,2-4,6-8,10,12H2,1H3,(H,19,22)/t15-,16+/m0/s1. The fourth-order valence-electron chi connectivity index (χ4n) is 3.96. The molecule has 2 aliphatic rings. The maximum atomic E-state index is 13.0. The van der Waals surface area contributed by atoms with Gasteiger partial charge < -0.3 is 10.2 Å². The summed E-state index contributed by atoms with van der Waals surface area (Å²) in [5.74, 6) is 0.260. The van der Waals surface area contributed by atoms with Gasteiger partial charge >= 0.3 is 0 Å². The Morgan fingerprint density at radius 2 is 2.00 bits per heavy atom. The molecule has 6 nitrogen and oxygen atoms in total. The van der Waals surface area contributed by atoms with E-state index in [1.54, 1.807) is 6.20 Å². The first-order chi connectivity index (χ1) is 11.1. The van der Waals surface area contributed by atoms with Crippen LogP contribution in [0, 0.1) is 5.92 Å². The molecule has 1 saturated carbocycles. The zero-order chi connectivity index (χ0) is 16.2. The number of aromatic nitrogens is 2. The van der Waals surface area contributed by atoms with E-state index in [0.717, 1.165) is 45.1 Å². The number of carbonyl (C=O) groups excluding carboxylic acids is 2. The SMILES string of the molecule is CC(=O)N[C@@H](C(=O)N1CCC[C@H](n2cccn2)C1)C1CCCC1. The smallest absolute Gasteiger partial charge is 0.245 e. The van der Waals surface area contributed by atoms with Crippen LogP contribution in [0.2, 0.25) is 0 Å². The van der Waals surface area contributed by atoms with Crippen LogP contribution in [0.15, 0.2) is 18.5 Å². The average Bonchev–Trinajstić information content (AvgIpc) is 3.25. The molecule has 2 amide bonds. The highest BCUT2D eigenvalue weighted by molar-refractivity contribution is 5.87. The summed E-state index contributed by atoms with van der Waals surface area (Å²) < 4.78 is 1.95. The van der Waals surface area contributed by atoms with Gasteiger partial charge in [0.05, 0.1) is 6.04 Å². The summed E-state index contributed by atoms with van der Waals surface area (Å²) in [6.45, 7) is 2.96. The molecule has 0 aromatic carbocycles. The lowest BCUT2D eigenvalue weighted by Gasteiger charge is -2.36. The van der Waals surface area contributed by atoms with E-state index < -0.39 is 0 Å². The van der Waals surface area contributed by atoms with Gasteiger partial charge in [-0.1, -0.05) is 12.8 Å². The molecule has 2 atom stereocenters. The van der Waals surface area contributed by atoms with E-state index in [-0.39, 0.29) is 29.8 Å². The van der Waals surface area contributed by atoms with E-state index >= 15 is 0 Å². The molecule has 0 spiro atoms. The van der Waals surface area contributed by atoms with Gasteiger partial charge in [0.25, 0.3) is 0 Å². The Balaban J connectivity index is 1.69. The summed E-state index contributed by atoms with van der Waals surface area (Å²) in [6.07, 6.45) is 10.1. The van der Waals surface area contributed by atoms with Crippen LogP contribution in [0.25, 0.3) is 0 Å². The zero-order valence-corrected chi connectivity index (χ0v) is 13.8. The van der Waals surface area contributed by atoms with E-state index in [4.69, 9.17) is 0 Å². The first-order valence-electron chi connectivity index (χ1n) is 8.70. The molecule has 126 valence electrons. The van der Waals surface area contributed by atoms with Crippen molar-refractivity contribution in [3.05, 3.63) is 18.5 Å². The number of likely N-dealkylation sites (tertiary alicyclic amines) is 1. The Kier molecular flexibility index (Phi) is 4.98. The number of hydrogen-bond acceptors (Lipinski definition) is 3. The van der Waals surface area contributed by atoms with E-state index in [9.17, 15) is 9.59 Å². The third-order valence-corrected chi connectivity index (χ3v) is 5.10. The van der Waals surface area contributed by atoms with Crippen LogP contribution in [0.3, 0.4) is 0 Å². The number of carbonyl (C=O) groups is 2. The number of nitrogens with zero attached hydrogens (tertiary/aromatic N) is 3. The molecular weight excluding hydrogens is 292 g/mol. The molecule has 1 aliphatic heterocycles. The minimum absolute atomic E-state index is 0.0870. The second-order valence-electron chi connectivity index (χ2n) is 6.79. The van der Waals surface area contributed by atoms with E-state index in [2.05, 4.69) is 10.4 Å². The van der Waals surface area contributed by atoms with Crippen molar-refractivity contribution in [2.24, 2.45) is 5.92 Å². The third kappa shape index (κ3) is 3.74. The van der Waals surface area contributed by atoms with Crippen molar-refractivity contribution in [3.63, 3.8) is 0 Å². The second-order valence-corrected chi connectivity index (χ2v) is 6.79. The fraction of sp³-hybridized carbons (Fsp3) is 0.706. The van der Waals surface area contributed by atoms with Gasteiger partial charge in [-0.25, -0.2) is 0 Å². The topological polar surface area (TPSA) is 67.2 Å². The molecule has 0 bridgehead atoms. The summed E-state index contributed by atoms with van der Waals surface area (Å²) in [5, 5.41) is 7.23. The normalized spacial score (nSPS) is 23.7. The quantitative estimate of drug-likeness (QED) is 0.919. The highest BCUT2D eigenvalue weighted by Crippen LogP contribution is 2.30. The van der Waals surface area contributed by atoms with Crippen molar-refractivity contribution in [2.75, 3.05) is 13.1 Å². The Morgan fingerprint density at radius 3 is 2.65 bits per heavy atom. The molecule has 1 N–H and O–H groups in total. The summed E-state index contributed by atoms with van der Waals surface area (Å²) >= 11 is 0. The largest absolute Gasteiger partial charge is 0.344 e. The predicted molar refractivity (Wildman–Crippen MR) is 86.6 cm³/mol. The molecule has 1 aromatic rings. The van der Waals surface area contributed by atoms with Gasteiger partial charge in [-0.05, 0) is 37.7 Å². The van der Waals surface area contributed by atoms with Crippen molar-refractivity contribution in [3.8, 4) is 0 Å². The number of rotatable bonds is 4.